The number of sulfonamides is 1. The first kappa shape index (κ1) is 26.3. The molecule has 7 nitrogen and oxygen atoms in total. The van der Waals surface area contributed by atoms with Crippen molar-refractivity contribution in [1.29, 1.82) is 0 Å². The Kier molecular flexibility index (Phi) is 9.40. The highest BCUT2D eigenvalue weighted by Crippen LogP contribution is 2.23. The number of benzene rings is 2. The molecule has 33 heavy (non-hydrogen) atoms. The van der Waals surface area contributed by atoms with Gasteiger partial charge in [0, 0.05) is 18.7 Å². The first-order chi connectivity index (χ1) is 15.6. The van der Waals surface area contributed by atoms with Gasteiger partial charge in [0.2, 0.25) is 21.8 Å². The third-order valence-corrected chi connectivity index (χ3v) is 6.49. The predicted octanol–water partition coefficient (Wildman–Crippen LogP) is 3.23. The summed E-state index contributed by atoms with van der Waals surface area (Å²) in [5.41, 5.74) is 1.29. The average Bonchev–Trinajstić information content (AvgIpc) is 2.76. The Morgan fingerprint density at radius 2 is 1.73 bits per heavy atom. The molecule has 2 rings (SSSR count). The van der Waals surface area contributed by atoms with E-state index < -0.39 is 34.3 Å². The fraction of sp³-hybridized carbons (Fsp3) is 0.417. The van der Waals surface area contributed by atoms with Crippen molar-refractivity contribution in [3.8, 4) is 0 Å². The highest BCUT2D eigenvalue weighted by atomic mass is 32.2. The first-order valence-electron chi connectivity index (χ1n) is 10.9. The molecule has 2 amide bonds. The average molecular weight is 478 g/mol. The second-order valence-corrected chi connectivity index (χ2v) is 9.90. The van der Waals surface area contributed by atoms with E-state index in [0.717, 1.165) is 23.4 Å². The van der Waals surface area contributed by atoms with Crippen LogP contribution in [0.2, 0.25) is 0 Å². The van der Waals surface area contributed by atoms with Gasteiger partial charge in [0.25, 0.3) is 0 Å². The molecule has 0 radical (unpaired) electrons. The fourth-order valence-electron chi connectivity index (χ4n) is 3.37. The largest absolute Gasteiger partial charge is 0.354 e. The topological polar surface area (TPSA) is 86.8 Å². The molecule has 9 heteroatoms. The molecule has 2 aromatic carbocycles. The third kappa shape index (κ3) is 7.28. The number of carbonyl (C=O) groups excluding carboxylic acids is 2. The Balaban J connectivity index is 2.37. The monoisotopic (exact) mass is 477 g/mol. The van der Waals surface area contributed by atoms with Crippen molar-refractivity contribution < 1.29 is 22.4 Å². The van der Waals surface area contributed by atoms with Crippen LogP contribution in [-0.4, -0.2) is 50.5 Å². The molecule has 1 N–H and O–H groups in total. The Hall–Kier alpha value is -2.94. The summed E-state index contributed by atoms with van der Waals surface area (Å²) < 4.78 is 40.5. The van der Waals surface area contributed by atoms with Gasteiger partial charge in [-0.05, 0) is 38.0 Å². The minimum absolute atomic E-state index is 0.167. The number of halogens is 1. The molecule has 0 unspecified atom stereocenters. The maximum absolute atomic E-state index is 14.4. The highest BCUT2D eigenvalue weighted by Gasteiger charge is 2.30. The summed E-state index contributed by atoms with van der Waals surface area (Å²) in [4.78, 5) is 27.3. The van der Waals surface area contributed by atoms with E-state index in [1.54, 1.807) is 44.2 Å². The highest BCUT2D eigenvalue weighted by molar-refractivity contribution is 7.92. The van der Waals surface area contributed by atoms with E-state index >= 15 is 0 Å². The van der Waals surface area contributed by atoms with Crippen molar-refractivity contribution in [3.63, 3.8) is 0 Å². The first-order valence-corrected chi connectivity index (χ1v) is 12.7. The predicted molar refractivity (Wildman–Crippen MR) is 128 cm³/mol. The second-order valence-electron chi connectivity index (χ2n) is 7.99. The summed E-state index contributed by atoms with van der Waals surface area (Å²) in [6, 6.07) is 11.9. The maximum Gasteiger partial charge on any atom is 0.244 e. The minimum atomic E-state index is -3.80. The molecule has 0 bridgehead atoms. The number of para-hydroxylation sites is 1. The minimum Gasteiger partial charge on any atom is -0.354 e. The molecule has 0 fully saturated rings. The number of aryl methyl sites for hydroxylation is 1. The van der Waals surface area contributed by atoms with Gasteiger partial charge in [0.1, 0.15) is 18.4 Å². The van der Waals surface area contributed by atoms with Gasteiger partial charge >= 0.3 is 0 Å². The molecule has 0 aliphatic rings. The van der Waals surface area contributed by atoms with E-state index in [1.165, 1.54) is 23.1 Å². The number of nitrogens with zero attached hydrogens (tertiary/aromatic N) is 2. The molecule has 1 atom stereocenters. The number of hydrogen-bond acceptors (Lipinski definition) is 4. The normalized spacial score (nSPS) is 12.2. The van der Waals surface area contributed by atoms with Crippen LogP contribution in [0, 0.1) is 12.7 Å². The zero-order chi connectivity index (χ0) is 24.6. The van der Waals surface area contributed by atoms with Gasteiger partial charge in [-0.1, -0.05) is 49.7 Å². The molecular formula is C24H32FN3O4S. The zero-order valence-corrected chi connectivity index (χ0v) is 20.4. The van der Waals surface area contributed by atoms with E-state index in [4.69, 9.17) is 0 Å². The molecule has 180 valence electrons. The quantitative estimate of drug-likeness (QED) is 0.504. The van der Waals surface area contributed by atoms with E-state index in [0.29, 0.717) is 17.8 Å². The van der Waals surface area contributed by atoms with E-state index in [2.05, 4.69) is 5.32 Å². The van der Waals surface area contributed by atoms with Crippen molar-refractivity contribution >= 4 is 27.5 Å². The van der Waals surface area contributed by atoms with Crippen LogP contribution in [0.4, 0.5) is 10.1 Å². The molecular weight excluding hydrogens is 445 g/mol. The Morgan fingerprint density at radius 1 is 1.09 bits per heavy atom. The van der Waals surface area contributed by atoms with Crippen LogP contribution in [0.3, 0.4) is 0 Å². The summed E-state index contributed by atoms with van der Waals surface area (Å²) in [6.07, 6.45) is 2.70. The molecule has 0 heterocycles. The van der Waals surface area contributed by atoms with Gasteiger partial charge in [-0.2, -0.15) is 0 Å². The van der Waals surface area contributed by atoms with E-state index in [9.17, 15) is 22.4 Å². The number of anilines is 1. The smallest absolute Gasteiger partial charge is 0.244 e. The van der Waals surface area contributed by atoms with Crippen LogP contribution in [0.15, 0.2) is 48.5 Å². The van der Waals surface area contributed by atoms with E-state index in [1.807, 2.05) is 6.92 Å². The van der Waals surface area contributed by atoms with Crippen molar-refractivity contribution in [2.24, 2.45) is 0 Å². The van der Waals surface area contributed by atoms with Crippen LogP contribution in [0.5, 0.6) is 0 Å². The Bertz CT molecular complexity index is 1070. The standard InChI is InChI=1S/C24H32FN3O4S/c1-5-6-15-26-24(30)19(3)27(16-20-12-8-9-13-21(20)25)23(29)17-28(33(4,31)32)22-14-10-7-11-18(22)2/h7-14,19H,5-6,15-17H2,1-4H3,(H,26,30)/t19-/m0/s1. The Morgan fingerprint density at radius 3 is 2.33 bits per heavy atom. The number of rotatable bonds is 11. The molecule has 0 aliphatic carbocycles. The third-order valence-electron chi connectivity index (χ3n) is 5.36. The summed E-state index contributed by atoms with van der Waals surface area (Å²) in [6.45, 7) is 5.08. The lowest BCUT2D eigenvalue weighted by Crippen LogP contribution is -2.51. The van der Waals surface area contributed by atoms with Crippen LogP contribution in [0.1, 0.15) is 37.8 Å². The van der Waals surface area contributed by atoms with Crippen molar-refractivity contribution in [1.82, 2.24) is 10.2 Å². The lowest BCUT2D eigenvalue weighted by molar-refractivity contribution is -0.139. The number of nitrogens with one attached hydrogen (secondary N) is 1. The van der Waals surface area contributed by atoms with E-state index in [-0.39, 0.29) is 18.0 Å². The lowest BCUT2D eigenvalue weighted by atomic mass is 10.1. The Labute approximate surface area is 195 Å². The molecule has 0 spiro atoms. The van der Waals surface area contributed by atoms with Gasteiger partial charge in [0.05, 0.1) is 11.9 Å². The second kappa shape index (κ2) is 11.8. The van der Waals surface area contributed by atoms with Gasteiger partial charge in [0.15, 0.2) is 0 Å². The lowest BCUT2D eigenvalue weighted by Gasteiger charge is -2.32. The van der Waals surface area contributed by atoms with Gasteiger partial charge < -0.3 is 10.2 Å². The number of hydrogen-bond donors (Lipinski definition) is 1. The van der Waals surface area contributed by atoms with Gasteiger partial charge in [-0.15, -0.1) is 0 Å². The summed E-state index contributed by atoms with van der Waals surface area (Å²) in [5, 5.41) is 2.79. The summed E-state index contributed by atoms with van der Waals surface area (Å²) in [7, 11) is -3.80. The summed E-state index contributed by atoms with van der Waals surface area (Å²) >= 11 is 0. The fourth-order valence-corrected chi connectivity index (χ4v) is 4.27. The van der Waals surface area contributed by atoms with Crippen molar-refractivity contribution in [2.75, 3.05) is 23.7 Å². The summed E-state index contributed by atoms with van der Waals surface area (Å²) in [5.74, 6) is -1.49. The van der Waals surface area contributed by atoms with Crippen LogP contribution in [-0.2, 0) is 26.2 Å². The van der Waals surface area contributed by atoms with Crippen LogP contribution in [0.25, 0.3) is 0 Å². The number of amides is 2. The molecule has 0 saturated carbocycles. The molecule has 2 aromatic rings. The molecule has 0 aliphatic heterocycles. The number of unbranched alkanes of at least 4 members (excludes halogenated alkanes) is 1. The van der Waals surface area contributed by atoms with Crippen molar-refractivity contribution in [3.05, 3.63) is 65.5 Å². The van der Waals surface area contributed by atoms with Crippen molar-refractivity contribution in [2.45, 2.75) is 46.2 Å². The van der Waals surface area contributed by atoms with Crippen LogP contribution < -0.4 is 9.62 Å². The van der Waals surface area contributed by atoms with Crippen LogP contribution >= 0.6 is 0 Å². The molecule has 0 aromatic heterocycles. The maximum atomic E-state index is 14.4. The SMILES string of the molecule is CCCCNC(=O)[C@H](C)N(Cc1ccccc1F)C(=O)CN(c1ccccc1C)S(C)(=O)=O. The van der Waals surface area contributed by atoms with Gasteiger partial charge in [-0.25, -0.2) is 12.8 Å². The zero-order valence-electron chi connectivity index (χ0n) is 19.5. The number of carbonyl (C=O) groups is 2. The van der Waals surface area contributed by atoms with Gasteiger partial charge in [-0.3, -0.25) is 13.9 Å². The molecule has 0 saturated heterocycles.